The number of benzene rings is 2. The highest BCUT2D eigenvalue weighted by atomic mass is 31.2. The van der Waals surface area contributed by atoms with Crippen molar-refractivity contribution >= 4 is 25.7 Å². The molecule has 0 spiro atoms. The van der Waals surface area contributed by atoms with Crippen molar-refractivity contribution in [3.05, 3.63) is 71.8 Å². The van der Waals surface area contributed by atoms with E-state index in [1.165, 1.54) is 5.56 Å². The van der Waals surface area contributed by atoms with Crippen LogP contribution in [-0.2, 0) is 31.6 Å². The van der Waals surface area contributed by atoms with Crippen LogP contribution in [0.5, 0.6) is 0 Å². The highest BCUT2D eigenvalue weighted by molar-refractivity contribution is 7.52. The van der Waals surface area contributed by atoms with Crippen LogP contribution in [0.4, 0.5) is 9.59 Å². The number of imide groups is 1. The molecule has 42 heavy (non-hydrogen) atoms. The molecule has 2 unspecified atom stereocenters. The van der Waals surface area contributed by atoms with Crippen LogP contribution in [0.2, 0.25) is 0 Å². The smallest absolute Gasteiger partial charge is 0.445 e. The van der Waals surface area contributed by atoms with Crippen LogP contribution >= 0.6 is 7.60 Å². The molecule has 4 atom stereocenters. The molecule has 0 aromatic heterocycles. The predicted molar refractivity (Wildman–Crippen MR) is 159 cm³/mol. The summed E-state index contributed by atoms with van der Waals surface area (Å²) in [7, 11) is -4.16. The van der Waals surface area contributed by atoms with Gasteiger partial charge in [-0.2, -0.15) is 9.28 Å². The number of quaternary nitrogens is 1. The molecule has 3 N–H and O–H groups in total. The molecule has 3 amide bonds. The Balaban J connectivity index is 1.52. The number of nitrogens with one attached hydrogen (secondary N) is 1. The minimum Gasteiger partial charge on any atom is -0.445 e. The van der Waals surface area contributed by atoms with E-state index in [1.807, 2.05) is 60.7 Å². The van der Waals surface area contributed by atoms with Crippen LogP contribution in [0.15, 0.2) is 60.7 Å². The Bertz CT molecular complexity index is 1200. The summed E-state index contributed by atoms with van der Waals surface area (Å²) >= 11 is 0. The average Bonchev–Trinajstić information content (AvgIpc) is 3.38. The van der Waals surface area contributed by atoms with E-state index in [1.54, 1.807) is 6.92 Å². The number of rotatable bonds is 16. The van der Waals surface area contributed by atoms with E-state index in [4.69, 9.17) is 9.26 Å². The maximum Gasteiger partial charge on any atom is 0.521 e. The molecule has 230 valence electrons. The fourth-order valence-corrected chi connectivity index (χ4v) is 6.72. The molecule has 1 fully saturated rings. The van der Waals surface area contributed by atoms with Crippen molar-refractivity contribution in [2.75, 3.05) is 19.3 Å². The molecule has 3 rings (SSSR count). The van der Waals surface area contributed by atoms with E-state index in [0.717, 1.165) is 24.8 Å². The largest absolute Gasteiger partial charge is 0.521 e. The summed E-state index contributed by atoms with van der Waals surface area (Å²) in [5.41, 5.74) is 2.07. The zero-order chi connectivity index (χ0) is 30.4. The minimum atomic E-state index is -4.16. The summed E-state index contributed by atoms with van der Waals surface area (Å²) in [5.74, 6) is -0.693. The Morgan fingerprint density at radius 1 is 0.976 bits per heavy atom. The Morgan fingerprint density at radius 3 is 2.26 bits per heavy atom. The maximum absolute atomic E-state index is 13.7. The van der Waals surface area contributed by atoms with E-state index in [0.29, 0.717) is 32.1 Å². The number of alkyl carbamates (subject to hydrolysis) is 1. The topological polar surface area (TPSA) is 139 Å². The quantitative estimate of drug-likeness (QED) is 0.116. The van der Waals surface area contributed by atoms with Gasteiger partial charge in [0, 0.05) is 19.4 Å². The number of nitrogens with zero attached hydrogens (tertiary/aromatic N) is 1. The van der Waals surface area contributed by atoms with Gasteiger partial charge in [0.25, 0.3) is 0 Å². The van der Waals surface area contributed by atoms with E-state index in [9.17, 15) is 28.9 Å². The lowest BCUT2D eigenvalue weighted by Gasteiger charge is -2.33. The fraction of sp³-hybridized carbons (Fsp3) is 0.516. The number of carboxylic acid groups (broad SMARTS) is 1. The zero-order valence-electron chi connectivity index (χ0n) is 24.4. The number of likely N-dealkylation sites (tertiary alicyclic amines) is 1. The number of hydrogen-bond acceptors (Lipinski definition) is 6. The third kappa shape index (κ3) is 10.1. The lowest BCUT2D eigenvalue weighted by atomic mass is 10.1. The molecule has 1 aliphatic heterocycles. The summed E-state index contributed by atoms with van der Waals surface area (Å²) in [5, 5.41) is 12.7. The van der Waals surface area contributed by atoms with Crippen molar-refractivity contribution in [2.24, 2.45) is 0 Å². The second kappa shape index (κ2) is 16.6. The van der Waals surface area contributed by atoms with Crippen LogP contribution in [-0.4, -0.2) is 64.0 Å². The number of carbonyl (C=O) groups excluding carboxylic acids is 2. The minimum absolute atomic E-state index is 0.0676. The predicted octanol–water partition coefficient (Wildman–Crippen LogP) is 6.27. The van der Waals surface area contributed by atoms with Gasteiger partial charge in [-0.25, -0.2) is 9.59 Å². The monoisotopic (exact) mass is 603 g/mol. The van der Waals surface area contributed by atoms with Gasteiger partial charge in [-0.15, -0.1) is 0 Å². The molecule has 0 aliphatic carbocycles. The Kier molecular flexibility index (Phi) is 13.2. The van der Waals surface area contributed by atoms with Gasteiger partial charge in [0.05, 0.1) is 12.7 Å². The Labute approximate surface area is 248 Å². The molecule has 11 heteroatoms. The summed E-state index contributed by atoms with van der Waals surface area (Å²) in [4.78, 5) is 48.7. The van der Waals surface area contributed by atoms with Crippen molar-refractivity contribution < 1.29 is 42.7 Å². The third-order valence-corrected chi connectivity index (χ3v) is 9.28. The first-order valence-electron chi connectivity index (χ1n) is 14.8. The van der Waals surface area contributed by atoms with Crippen molar-refractivity contribution in [1.29, 1.82) is 0 Å². The second-order valence-corrected chi connectivity index (χ2v) is 12.9. The molecule has 0 radical (unpaired) electrons. The first kappa shape index (κ1) is 33.5. The molecule has 2 aromatic rings. The van der Waals surface area contributed by atoms with E-state index >= 15 is 0 Å². The molecule has 0 bridgehead atoms. The van der Waals surface area contributed by atoms with Gasteiger partial charge in [0.2, 0.25) is 0 Å². The highest BCUT2D eigenvalue weighted by Crippen LogP contribution is 2.46. The summed E-state index contributed by atoms with van der Waals surface area (Å²) in [6.45, 7) is 2.25. The summed E-state index contributed by atoms with van der Waals surface area (Å²) in [6, 6.07) is 18.8. The first-order chi connectivity index (χ1) is 20.1. The zero-order valence-corrected chi connectivity index (χ0v) is 25.3. The lowest BCUT2D eigenvalue weighted by molar-refractivity contribution is -0.794. The standard InChI is InChI=1S/C31H43N2O8P/c1-25-14-13-22-33(25,31(36)37)29(34)28(20-10-11-21-32-30(35)40-24-27-18-7-3-8-19-27)41-42(38,39)23-12-4-9-17-26-15-5-2-6-16-26/h2-3,5-8,15-16,18-19,25,28H,4,9-14,17,20-24H2,1H3,(H2-,32,35,36,37,38,39)/p+1/t25-,28+,33?/m1/s1. The maximum atomic E-state index is 13.7. The second-order valence-electron chi connectivity index (χ2n) is 10.9. The van der Waals surface area contributed by atoms with Gasteiger partial charge in [0.15, 0.2) is 6.10 Å². The normalized spacial score (nSPS) is 20.4. The number of amides is 3. The van der Waals surface area contributed by atoms with Crippen LogP contribution < -0.4 is 5.32 Å². The molecule has 1 heterocycles. The van der Waals surface area contributed by atoms with Gasteiger partial charge in [-0.05, 0) is 56.6 Å². The van der Waals surface area contributed by atoms with Crippen molar-refractivity contribution in [1.82, 2.24) is 5.32 Å². The fourth-order valence-electron chi connectivity index (χ4n) is 5.39. The van der Waals surface area contributed by atoms with Crippen LogP contribution in [0.3, 0.4) is 0 Å². The van der Waals surface area contributed by atoms with E-state index in [-0.39, 0.29) is 32.3 Å². The van der Waals surface area contributed by atoms with Gasteiger partial charge in [-0.3, -0.25) is 9.09 Å². The van der Waals surface area contributed by atoms with Crippen molar-refractivity contribution in [3.8, 4) is 0 Å². The van der Waals surface area contributed by atoms with Gasteiger partial charge >= 0.3 is 25.7 Å². The van der Waals surface area contributed by atoms with Gasteiger partial charge in [-0.1, -0.05) is 67.1 Å². The van der Waals surface area contributed by atoms with Crippen LogP contribution in [0.1, 0.15) is 69.4 Å². The molecule has 2 aromatic carbocycles. The number of unbranched alkanes of at least 4 members (excludes halogenated alkanes) is 3. The Hall–Kier alpha value is -3.04. The summed E-state index contributed by atoms with van der Waals surface area (Å²) in [6.07, 6.45) is 1.63. The van der Waals surface area contributed by atoms with Crippen LogP contribution in [0, 0.1) is 0 Å². The van der Waals surface area contributed by atoms with E-state index in [2.05, 4.69) is 5.32 Å². The molecular formula is C31H44N2O8P+. The SMILES string of the molecule is C[C@@H]1CCC[N+]1(C(=O)O)C(=O)[C@H](CCCCNC(=O)OCc1ccccc1)OP(=O)(O)CCCCCc1ccccc1. The Morgan fingerprint density at radius 2 is 1.64 bits per heavy atom. The molecule has 1 saturated heterocycles. The molecular weight excluding hydrogens is 559 g/mol. The third-order valence-electron chi connectivity index (χ3n) is 7.81. The average molecular weight is 604 g/mol. The number of ether oxygens (including phenoxy) is 1. The molecule has 0 saturated carbocycles. The number of aryl methyl sites for hydroxylation is 1. The lowest BCUT2D eigenvalue weighted by Crippen LogP contribution is -2.62. The van der Waals surface area contributed by atoms with Gasteiger partial charge < -0.3 is 20.1 Å². The van der Waals surface area contributed by atoms with Crippen molar-refractivity contribution in [2.45, 2.75) is 83.5 Å². The first-order valence-corrected chi connectivity index (χ1v) is 16.5. The van der Waals surface area contributed by atoms with E-state index < -0.39 is 42.3 Å². The van der Waals surface area contributed by atoms with Crippen molar-refractivity contribution in [3.63, 3.8) is 0 Å². The summed E-state index contributed by atoms with van der Waals surface area (Å²) < 4.78 is 23.0. The molecule has 10 nitrogen and oxygen atoms in total. The number of carbonyl (C=O) groups is 3. The highest BCUT2D eigenvalue weighted by Gasteiger charge is 2.56. The number of hydrogen-bond donors (Lipinski definition) is 3. The van der Waals surface area contributed by atoms with Gasteiger partial charge in [0.1, 0.15) is 12.6 Å². The molecule has 1 aliphatic rings. The van der Waals surface area contributed by atoms with Crippen LogP contribution in [0.25, 0.3) is 0 Å².